The average Bonchev–Trinajstić information content (AvgIpc) is 2.82. The molecule has 0 aromatic rings. The van der Waals surface area contributed by atoms with E-state index in [0.717, 1.165) is 12.8 Å². The lowest BCUT2D eigenvalue weighted by Crippen LogP contribution is -2.48. The standard InChI is InChI=1S/C12H21N3O5/c1-2-9-7(3-4-20-9)6-14-12(19)15-8(11(17)18)5-10(13)16/h7-9H,2-6H2,1H3,(H2,13,16)(H,17,18)(H2,14,15,19). The van der Waals surface area contributed by atoms with Crippen molar-refractivity contribution >= 4 is 17.9 Å². The van der Waals surface area contributed by atoms with Crippen molar-refractivity contribution < 1.29 is 24.2 Å². The molecule has 0 aliphatic carbocycles. The smallest absolute Gasteiger partial charge is 0.326 e. The van der Waals surface area contributed by atoms with Crippen molar-refractivity contribution in [1.82, 2.24) is 10.6 Å². The van der Waals surface area contributed by atoms with Crippen LogP contribution in [0.2, 0.25) is 0 Å². The van der Waals surface area contributed by atoms with Crippen molar-refractivity contribution in [1.29, 1.82) is 0 Å². The van der Waals surface area contributed by atoms with Gasteiger partial charge < -0.3 is 26.2 Å². The summed E-state index contributed by atoms with van der Waals surface area (Å²) in [7, 11) is 0. The van der Waals surface area contributed by atoms with Gasteiger partial charge in [-0.3, -0.25) is 4.79 Å². The first-order chi connectivity index (χ1) is 9.43. The Morgan fingerprint density at radius 1 is 1.45 bits per heavy atom. The molecule has 3 unspecified atom stereocenters. The van der Waals surface area contributed by atoms with E-state index in [2.05, 4.69) is 10.6 Å². The summed E-state index contributed by atoms with van der Waals surface area (Å²) in [5, 5.41) is 13.7. The Morgan fingerprint density at radius 3 is 2.70 bits per heavy atom. The molecule has 20 heavy (non-hydrogen) atoms. The molecule has 0 bridgehead atoms. The molecule has 3 atom stereocenters. The quantitative estimate of drug-likeness (QED) is 0.498. The average molecular weight is 287 g/mol. The Morgan fingerprint density at radius 2 is 2.15 bits per heavy atom. The molecule has 8 nitrogen and oxygen atoms in total. The molecule has 0 spiro atoms. The van der Waals surface area contributed by atoms with Crippen LogP contribution in [0.4, 0.5) is 4.79 Å². The van der Waals surface area contributed by atoms with E-state index < -0.39 is 30.4 Å². The molecule has 0 aromatic heterocycles. The Balaban J connectivity index is 2.38. The third-order valence-electron chi connectivity index (χ3n) is 3.28. The highest BCUT2D eigenvalue weighted by molar-refractivity contribution is 5.87. The number of primary amides is 1. The summed E-state index contributed by atoms with van der Waals surface area (Å²) in [5.41, 5.74) is 4.93. The van der Waals surface area contributed by atoms with Gasteiger partial charge in [-0.1, -0.05) is 6.92 Å². The van der Waals surface area contributed by atoms with E-state index in [1.807, 2.05) is 6.92 Å². The number of carbonyl (C=O) groups is 3. The summed E-state index contributed by atoms with van der Waals surface area (Å²) >= 11 is 0. The van der Waals surface area contributed by atoms with Crippen molar-refractivity contribution in [2.24, 2.45) is 11.7 Å². The van der Waals surface area contributed by atoms with Gasteiger partial charge in [0.05, 0.1) is 12.5 Å². The van der Waals surface area contributed by atoms with E-state index in [0.29, 0.717) is 13.2 Å². The molecular formula is C12H21N3O5. The van der Waals surface area contributed by atoms with Gasteiger partial charge in [0.15, 0.2) is 0 Å². The van der Waals surface area contributed by atoms with Crippen LogP contribution in [0.25, 0.3) is 0 Å². The van der Waals surface area contributed by atoms with Crippen LogP contribution in [0.3, 0.4) is 0 Å². The van der Waals surface area contributed by atoms with Crippen LogP contribution in [0.1, 0.15) is 26.2 Å². The minimum atomic E-state index is -1.31. The number of ether oxygens (including phenoxy) is 1. The minimum Gasteiger partial charge on any atom is -0.480 e. The number of aliphatic carboxylic acids is 1. The van der Waals surface area contributed by atoms with Crippen molar-refractivity contribution in [3.8, 4) is 0 Å². The highest BCUT2D eigenvalue weighted by atomic mass is 16.5. The van der Waals surface area contributed by atoms with Crippen molar-refractivity contribution in [3.05, 3.63) is 0 Å². The van der Waals surface area contributed by atoms with E-state index in [-0.39, 0.29) is 12.0 Å². The first-order valence-electron chi connectivity index (χ1n) is 6.61. The van der Waals surface area contributed by atoms with Crippen molar-refractivity contribution in [2.75, 3.05) is 13.2 Å². The molecule has 1 rings (SSSR count). The Kier molecular flexibility index (Phi) is 6.23. The molecule has 1 aliphatic rings. The summed E-state index contributed by atoms with van der Waals surface area (Å²) < 4.78 is 5.49. The van der Waals surface area contributed by atoms with Crippen LogP contribution in [-0.4, -0.2) is 48.3 Å². The monoisotopic (exact) mass is 287 g/mol. The van der Waals surface area contributed by atoms with Gasteiger partial charge in [0.1, 0.15) is 6.04 Å². The van der Waals surface area contributed by atoms with Crippen LogP contribution in [0.15, 0.2) is 0 Å². The minimum absolute atomic E-state index is 0.121. The van der Waals surface area contributed by atoms with E-state index in [9.17, 15) is 14.4 Å². The van der Waals surface area contributed by atoms with Crippen LogP contribution < -0.4 is 16.4 Å². The number of rotatable bonds is 7. The fourth-order valence-corrected chi connectivity index (χ4v) is 2.21. The number of carboxylic acids is 1. The van der Waals surface area contributed by atoms with Crippen molar-refractivity contribution in [2.45, 2.75) is 38.3 Å². The van der Waals surface area contributed by atoms with Gasteiger partial charge in [0, 0.05) is 19.1 Å². The number of nitrogens with two attached hydrogens (primary N) is 1. The molecule has 0 saturated carbocycles. The third-order valence-corrected chi connectivity index (χ3v) is 3.28. The number of carbonyl (C=O) groups excluding carboxylic acids is 2. The highest BCUT2D eigenvalue weighted by Gasteiger charge is 2.27. The summed E-state index contributed by atoms with van der Waals surface area (Å²) in [6.07, 6.45) is 1.42. The molecule has 8 heteroatoms. The normalized spacial score (nSPS) is 23.1. The molecule has 1 saturated heterocycles. The number of hydrogen-bond donors (Lipinski definition) is 4. The molecule has 1 heterocycles. The Labute approximate surface area is 117 Å². The predicted octanol–water partition coefficient (Wildman–Crippen LogP) is -0.571. The van der Waals surface area contributed by atoms with Gasteiger partial charge >= 0.3 is 12.0 Å². The molecule has 5 N–H and O–H groups in total. The molecular weight excluding hydrogens is 266 g/mol. The fraction of sp³-hybridized carbons (Fsp3) is 0.750. The van der Waals surface area contributed by atoms with Gasteiger partial charge in [-0.15, -0.1) is 0 Å². The van der Waals surface area contributed by atoms with Crippen LogP contribution in [0.5, 0.6) is 0 Å². The zero-order valence-electron chi connectivity index (χ0n) is 11.4. The largest absolute Gasteiger partial charge is 0.480 e. The zero-order valence-corrected chi connectivity index (χ0v) is 11.4. The van der Waals surface area contributed by atoms with E-state index in [1.54, 1.807) is 0 Å². The Hall–Kier alpha value is -1.83. The molecule has 0 radical (unpaired) electrons. The fourth-order valence-electron chi connectivity index (χ4n) is 2.21. The van der Waals surface area contributed by atoms with Gasteiger partial charge in [-0.05, 0) is 12.8 Å². The molecule has 1 aliphatic heterocycles. The van der Waals surface area contributed by atoms with Crippen molar-refractivity contribution in [3.63, 3.8) is 0 Å². The molecule has 3 amide bonds. The van der Waals surface area contributed by atoms with Crippen LogP contribution in [0, 0.1) is 5.92 Å². The maximum atomic E-state index is 11.6. The van der Waals surface area contributed by atoms with E-state index >= 15 is 0 Å². The molecule has 0 aromatic carbocycles. The topological polar surface area (TPSA) is 131 Å². The SMILES string of the molecule is CCC1OCCC1CNC(=O)NC(CC(N)=O)C(=O)O. The second-order valence-corrected chi connectivity index (χ2v) is 4.78. The van der Waals surface area contributed by atoms with Crippen LogP contribution in [-0.2, 0) is 14.3 Å². The first kappa shape index (κ1) is 16.2. The van der Waals surface area contributed by atoms with Gasteiger partial charge in [-0.25, -0.2) is 9.59 Å². The third kappa shape index (κ3) is 5.04. The maximum Gasteiger partial charge on any atom is 0.326 e. The summed E-state index contributed by atoms with van der Waals surface area (Å²) in [6.45, 7) is 3.09. The van der Waals surface area contributed by atoms with Gasteiger partial charge in [0.2, 0.25) is 5.91 Å². The molecule has 114 valence electrons. The van der Waals surface area contributed by atoms with Crippen LogP contribution >= 0.6 is 0 Å². The maximum absolute atomic E-state index is 11.6. The van der Waals surface area contributed by atoms with E-state index in [4.69, 9.17) is 15.6 Å². The van der Waals surface area contributed by atoms with E-state index in [1.165, 1.54) is 0 Å². The predicted molar refractivity (Wildman–Crippen MR) is 69.9 cm³/mol. The number of carboxylic acid groups (broad SMARTS) is 1. The summed E-state index contributed by atoms with van der Waals surface area (Å²) in [6, 6.07) is -1.94. The highest BCUT2D eigenvalue weighted by Crippen LogP contribution is 2.22. The lowest BCUT2D eigenvalue weighted by molar-refractivity contribution is -0.140. The van der Waals surface area contributed by atoms with Gasteiger partial charge in [0.25, 0.3) is 0 Å². The van der Waals surface area contributed by atoms with Gasteiger partial charge in [-0.2, -0.15) is 0 Å². The zero-order chi connectivity index (χ0) is 15.1. The second-order valence-electron chi connectivity index (χ2n) is 4.78. The second kappa shape index (κ2) is 7.68. The lowest BCUT2D eigenvalue weighted by atomic mass is 10.00. The lowest BCUT2D eigenvalue weighted by Gasteiger charge is -2.18. The number of urea groups is 1. The number of nitrogens with one attached hydrogen (secondary N) is 2. The number of amides is 3. The summed E-state index contributed by atoms with van der Waals surface area (Å²) in [4.78, 5) is 33.2. The molecule has 1 fully saturated rings. The first-order valence-corrected chi connectivity index (χ1v) is 6.61. The Bertz CT molecular complexity index is 374. The number of hydrogen-bond acceptors (Lipinski definition) is 4. The summed E-state index contributed by atoms with van der Waals surface area (Å²) in [5.74, 6) is -1.85.